The van der Waals surface area contributed by atoms with Crippen molar-refractivity contribution in [1.82, 2.24) is 0 Å². The van der Waals surface area contributed by atoms with E-state index in [0.29, 0.717) is 28.0 Å². The summed E-state index contributed by atoms with van der Waals surface area (Å²) in [6.45, 7) is 1.63. The van der Waals surface area contributed by atoms with Gasteiger partial charge in [0.05, 0.1) is 39.6 Å². The number of hydrogen-bond acceptors (Lipinski definition) is 6. The molecule has 6 atom stereocenters. The molecule has 51 heavy (non-hydrogen) atoms. The van der Waals surface area contributed by atoms with Crippen molar-refractivity contribution in [2.45, 2.75) is 25.7 Å². The second-order valence-corrected chi connectivity index (χ2v) is 14.1. The molecule has 2 heterocycles. The summed E-state index contributed by atoms with van der Waals surface area (Å²) in [4.78, 5) is 72.2. The number of halogens is 3. The van der Waals surface area contributed by atoms with E-state index >= 15 is 0 Å². The van der Waals surface area contributed by atoms with E-state index in [2.05, 4.69) is 0 Å². The number of benzene rings is 4. The molecule has 1 saturated carbocycles. The van der Waals surface area contributed by atoms with Crippen LogP contribution in [0.3, 0.4) is 0 Å². The maximum absolute atomic E-state index is 15.0. The number of fused-ring (bicyclic) bond motifs is 4. The van der Waals surface area contributed by atoms with Crippen molar-refractivity contribution in [3.63, 3.8) is 0 Å². The van der Waals surface area contributed by atoms with Gasteiger partial charge in [0, 0.05) is 17.0 Å². The van der Waals surface area contributed by atoms with Crippen molar-refractivity contribution in [1.29, 1.82) is 0 Å². The highest BCUT2D eigenvalue weighted by Crippen LogP contribution is 2.64. The van der Waals surface area contributed by atoms with Crippen molar-refractivity contribution in [3.8, 4) is 5.75 Å². The Morgan fingerprint density at radius 1 is 0.784 bits per heavy atom. The standard InChI is InChI=1S/C40H29ClF2N2O6/c1-40-28(37(49)45(39(40)51)24-12-15-30(42)29(41)18-24)19-27-25(34(40)22-9-16-32(46)31(43)17-22)13-14-26-33(27)38(50)44(36(26)48)23-10-7-21(8-11-23)35(47)20-5-3-2-4-6-20/h2-13,15-18,26-28,33-34,46H,14,19H2,1H3/t26-,27+,28-,33-,34-,40+/m0/s1. The molecule has 8 nitrogen and oxygen atoms in total. The lowest BCUT2D eigenvalue weighted by atomic mass is 9.51. The van der Waals surface area contributed by atoms with Gasteiger partial charge >= 0.3 is 0 Å². The first-order valence-electron chi connectivity index (χ1n) is 16.5. The van der Waals surface area contributed by atoms with Gasteiger partial charge in [-0.15, -0.1) is 0 Å². The third-order valence-electron chi connectivity index (χ3n) is 11.2. The van der Waals surface area contributed by atoms with Crippen LogP contribution in [0.5, 0.6) is 5.75 Å². The zero-order chi connectivity index (χ0) is 35.9. The summed E-state index contributed by atoms with van der Waals surface area (Å²) in [5.41, 5.74) is 0.740. The summed E-state index contributed by atoms with van der Waals surface area (Å²) in [5.74, 6) is -8.73. The van der Waals surface area contributed by atoms with Crippen LogP contribution < -0.4 is 9.80 Å². The molecule has 4 aromatic rings. The van der Waals surface area contributed by atoms with E-state index in [4.69, 9.17) is 11.6 Å². The van der Waals surface area contributed by atoms with Crippen molar-refractivity contribution in [2.75, 3.05) is 9.80 Å². The molecular weight excluding hydrogens is 678 g/mol. The molecule has 0 unspecified atom stereocenters. The van der Waals surface area contributed by atoms with Gasteiger partial charge in [0.1, 0.15) is 5.82 Å². The smallest absolute Gasteiger partial charge is 0.241 e. The molecule has 4 aliphatic rings. The van der Waals surface area contributed by atoms with E-state index in [1.807, 2.05) is 6.08 Å². The number of hydrogen-bond donors (Lipinski definition) is 1. The van der Waals surface area contributed by atoms with Gasteiger partial charge in [0.25, 0.3) is 0 Å². The van der Waals surface area contributed by atoms with Crippen LogP contribution in [-0.2, 0) is 19.2 Å². The minimum atomic E-state index is -1.47. The Bertz CT molecular complexity index is 2220. The molecule has 2 aliphatic heterocycles. The van der Waals surface area contributed by atoms with Crippen LogP contribution in [0.2, 0.25) is 5.02 Å². The van der Waals surface area contributed by atoms with Crippen molar-refractivity contribution < 1.29 is 37.9 Å². The Labute approximate surface area is 295 Å². The zero-order valence-corrected chi connectivity index (χ0v) is 27.8. The van der Waals surface area contributed by atoms with Gasteiger partial charge in [-0.05, 0) is 85.8 Å². The predicted octanol–water partition coefficient (Wildman–Crippen LogP) is 6.99. The average molecular weight is 707 g/mol. The number of aromatic hydroxyl groups is 1. The minimum Gasteiger partial charge on any atom is -0.505 e. The number of amides is 4. The van der Waals surface area contributed by atoms with Gasteiger partial charge in [0.2, 0.25) is 23.6 Å². The number of ketones is 1. The number of rotatable bonds is 5. The van der Waals surface area contributed by atoms with E-state index in [1.54, 1.807) is 61.5 Å². The van der Waals surface area contributed by atoms with Crippen LogP contribution in [-0.4, -0.2) is 34.5 Å². The Morgan fingerprint density at radius 2 is 1.47 bits per heavy atom. The predicted molar refractivity (Wildman–Crippen MR) is 183 cm³/mol. The number of carbonyl (C=O) groups excluding carboxylic acids is 5. The van der Waals surface area contributed by atoms with E-state index in [9.17, 15) is 37.9 Å². The largest absolute Gasteiger partial charge is 0.505 e. The lowest BCUT2D eigenvalue weighted by Crippen LogP contribution is -2.48. The molecule has 4 amide bonds. The second kappa shape index (κ2) is 11.8. The quantitative estimate of drug-likeness (QED) is 0.136. The molecule has 3 fully saturated rings. The van der Waals surface area contributed by atoms with Crippen molar-refractivity contribution in [3.05, 3.63) is 136 Å². The van der Waals surface area contributed by atoms with Crippen LogP contribution in [0.15, 0.2) is 103 Å². The number of anilines is 2. The fraction of sp³-hybridized carbons (Fsp3) is 0.225. The highest BCUT2D eigenvalue weighted by atomic mass is 35.5. The zero-order valence-electron chi connectivity index (χ0n) is 27.1. The lowest BCUT2D eigenvalue weighted by molar-refractivity contribution is -0.131. The Balaban J connectivity index is 1.18. The molecule has 2 aliphatic carbocycles. The Hall–Kier alpha value is -5.48. The van der Waals surface area contributed by atoms with Crippen molar-refractivity contribution >= 4 is 52.4 Å². The first kappa shape index (κ1) is 32.7. The van der Waals surface area contributed by atoms with E-state index in [1.165, 1.54) is 24.3 Å². The first-order valence-corrected chi connectivity index (χ1v) is 16.9. The van der Waals surface area contributed by atoms with Gasteiger partial charge in [-0.3, -0.25) is 28.9 Å². The summed E-state index contributed by atoms with van der Waals surface area (Å²) >= 11 is 6.05. The summed E-state index contributed by atoms with van der Waals surface area (Å²) < 4.78 is 29.1. The third kappa shape index (κ3) is 4.80. The van der Waals surface area contributed by atoms with Gasteiger partial charge < -0.3 is 5.11 Å². The fourth-order valence-electron chi connectivity index (χ4n) is 8.74. The summed E-state index contributed by atoms with van der Waals surface area (Å²) in [5, 5.41) is 9.74. The monoisotopic (exact) mass is 706 g/mol. The number of carbonyl (C=O) groups is 5. The maximum Gasteiger partial charge on any atom is 0.241 e. The number of nitrogens with zero attached hydrogens (tertiary/aromatic N) is 2. The minimum absolute atomic E-state index is 0.0495. The molecule has 2 saturated heterocycles. The van der Waals surface area contributed by atoms with Crippen molar-refractivity contribution in [2.24, 2.45) is 29.1 Å². The van der Waals surface area contributed by atoms with Crippen LogP contribution in [0.4, 0.5) is 20.2 Å². The SMILES string of the molecule is C[C@@]12C(=O)N(c3ccc(F)c(Cl)c3)C(=O)[C@@H]1C[C@@H]1C(=CC[C@@H]3C(=O)N(c4ccc(C(=O)c5ccccc5)cc4)C(=O)[C@@H]31)[C@@H]2c1ccc(O)c(F)c1. The molecule has 1 N–H and O–H groups in total. The van der Waals surface area contributed by atoms with Crippen LogP contribution in [0, 0.1) is 40.7 Å². The normalized spacial score (nSPS) is 26.9. The average Bonchev–Trinajstić information content (AvgIpc) is 3.50. The van der Waals surface area contributed by atoms with Gasteiger partial charge in [0.15, 0.2) is 17.3 Å². The molecule has 0 spiro atoms. The number of allylic oxidation sites excluding steroid dienone is 2. The number of phenols is 1. The molecule has 256 valence electrons. The first-order chi connectivity index (χ1) is 24.4. The molecule has 11 heteroatoms. The summed E-state index contributed by atoms with van der Waals surface area (Å²) in [7, 11) is 0. The van der Waals surface area contributed by atoms with Gasteiger partial charge in [-0.25, -0.2) is 13.7 Å². The molecule has 0 radical (unpaired) electrons. The molecule has 0 aromatic heterocycles. The van der Waals surface area contributed by atoms with Crippen LogP contribution in [0.1, 0.15) is 47.2 Å². The van der Waals surface area contributed by atoms with E-state index < -0.39 is 76.0 Å². The summed E-state index contributed by atoms with van der Waals surface area (Å²) in [6.07, 6.45) is 2.04. The summed E-state index contributed by atoms with van der Waals surface area (Å²) in [6, 6.07) is 22.3. The number of imide groups is 2. The molecule has 8 rings (SSSR count). The third-order valence-corrected chi connectivity index (χ3v) is 11.5. The Morgan fingerprint density at radius 3 is 2.16 bits per heavy atom. The molecule has 4 aromatic carbocycles. The lowest BCUT2D eigenvalue weighted by Gasteiger charge is -2.49. The second-order valence-electron chi connectivity index (χ2n) is 13.7. The molecule has 0 bridgehead atoms. The van der Waals surface area contributed by atoms with E-state index in [-0.39, 0.29) is 29.3 Å². The van der Waals surface area contributed by atoms with Crippen LogP contribution >= 0.6 is 11.6 Å². The topological polar surface area (TPSA) is 112 Å². The van der Waals surface area contributed by atoms with E-state index in [0.717, 1.165) is 21.9 Å². The Kier molecular flexibility index (Phi) is 7.57. The fourth-order valence-corrected chi connectivity index (χ4v) is 8.92. The molecular formula is C40H29ClF2N2O6. The highest BCUT2D eigenvalue weighted by molar-refractivity contribution is 6.32. The van der Waals surface area contributed by atoms with Gasteiger partial charge in [-0.2, -0.15) is 0 Å². The highest BCUT2D eigenvalue weighted by Gasteiger charge is 2.67. The maximum atomic E-state index is 15.0. The van der Waals surface area contributed by atoms with Gasteiger partial charge in [-0.1, -0.05) is 59.6 Å². The number of phenolic OH excluding ortho intramolecular Hbond substituents is 1. The van der Waals surface area contributed by atoms with Crippen LogP contribution in [0.25, 0.3) is 0 Å².